The van der Waals surface area contributed by atoms with Crippen LogP contribution in [-0.2, 0) is 9.59 Å². The minimum absolute atomic E-state index is 0.141. The first-order chi connectivity index (χ1) is 23.1. The second kappa shape index (κ2) is 15.7. The van der Waals surface area contributed by atoms with Gasteiger partial charge in [0.25, 0.3) is 17.5 Å². The summed E-state index contributed by atoms with van der Waals surface area (Å²) in [6.07, 6.45) is 1.26. The topological polar surface area (TPSA) is 143 Å². The summed E-state index contributed by atoms with van der Waals surface area (Å²) >= 11 is 14.9. The first-order valence-electron chi connectivity index (χ1n) is 14.2. The SMILES string of the molecule is CC(Sc1ccc(NC(=O)/C(=C/c2ccccc2[N+](=O)[O-])NC(=O)c2ccccc2)cc1)C(=O)Nc1nc(-c2ccc(Cl)cc2Cl)cs1. The number of thiazole rings is 1. The van der Waals surface area contributed by atoms with Gasteiger partial charge in [0.2, 0.25) is 5.91 Å². The molecule has 5 rings (SSSR count). The fourth-order valence-corrected chi connectivity index (χ4v) is 6.39. The molecule has 1 aromatic heterocycles. The van der Waals surface area contributed by atoms with Crippen LogP contribution in [-0.4, -0.2) is 32.9 Å². The van der Waals surface area contributed by atoms with E-state index < -0.39 is 22.0 Å². The molecular weight excluding hydrogens is 693 g/mol. The van der Waals surface area contributed by atoms with E-state index in [2.05, 4.69) is 20.9 Å². The van der Waals surface area contributed by atoms with Crippen LogP contribution in [0.5, 0.6) is 0 Å². The minimum atomic E-state index is -0.687. The van der Waals surface area contributed by atoms with E-state index in [0.717, 1.165) is 4.90 Å². The number of para-hydroxylation sites is 1. The van der Waals surface area contributed by atoms with Gasteiger partial charge in [-0.25, -0.2) is 4.98 Å². The van der Waals surface area contributed by atoms with Crippen molar-refractivity contribution in [1.29, 1.82) is 0 Å². The molecule has 0 radical (unpaired) electrons. The van der Waals surface area contributed by atoms with Crippen molar-refractivity contribution in [2.45, 2.75) is 17.1 Å². The Labute approximate surface area is 293 Å². The van der Waals surface area contributed by atoms with E-state index in [1.165, 1.54) is 47.4 Å². The molecule has 0 saturated heterocycles. The van der Waals surface area contributed by atoms with Crippen LogP contribution in [0.2, 0.25) is 10.0 Å². The van der Waals surface area contributed by atoms with Crippen LogP contribution in [0.25, 0.3) is 17.3 Å². The van der Waals surface area contributed by atoms with E-state index in [4.69, 9.17) is 23.2 Å². The van der Waals surface area contributed by atoms with E-state index in [1.807, 2.05) is 0 Å². The highest BCUT2D eigenvalue weighted by atomic mass is 35.5. The number of rotatable bonds is 11. The molecular formula is C34H25Cl2N5O5S2. The van der Waals surface area contributed by atoms with Crippen molar-refractivity contribution in [3.8, 4) is 11.3 Å². The van der Waals surface area contributed by atoms with Crippen LogP contribution in [0.4, 0.5) is 16.5 Å². The number of carbonyl (C=O) groups excluding carboxylic acids is 3. The molecule has 1 heterocycles. The molecule has 5 aromatic rings. The standard InChI is InChI=1S/C34H25Cl2N5O5S2/c1-20(31(42)40-34-39-29(19-47-34)26-16-11-23(35)18-27(26)36)48-25-14-12-24(13-15-25)37-33(44)28(38-32(43)21-7-3-2-4-8-21)17-22-9-5-6-10-30(22)41(45)46/h2-20H,1H3,(H,37,44)(H,38,43)(H,39,40,42)/b28-17-. The molecule has 10 nitrogen and oxygen atoms in total. The second-order valence-electron chi connectivity index (χ2n) is 10.1. The summed E-state index contributed by atoms with van der Waals surface area (Å²) < 4.78 is 0. The number of hydrogen-bond donors (Lipinski definition) is 3. The van der Waals surface area contributed by atoms with E-state index in [0.29, 0.717) is 37.7 Å². The largest absolute Gasteiger partial charge is 0.321 e. The first kappa shape index (κ1) is 34.3. The highest BCUT2D eigenvalue weighted by Crippen LogP contribution is 2.33. The molecule has 1 atom stereocenters. The summed E-state index contributed by atoms with van der Waals surface area (Å²) in [4.78, 5) is 55.5. The molecule has 0 fully saturated rings. The Balaban J connectivity index is 1.24. The van der Waals surface area contributed by atoms with Gasteiger partial charge in [-0.1, -0.05) is 53.5 Å². The number of halogens is 2. The lowest BCUT2D eigenvalue weighted by molar-refractivity contribution is -0.385. The average Bonchev–Trinajstić information content (AvgIpc) is 3.53. The zero-order chi connectivity index (χ0) is 34.2. The minimum Gasteiger partial charge on any atom is -0.321 e. The van der Waals surface area contributed by atoms with Crippen LogP contribution in [0.3, 0.4) is 0 Å². The van der Waals surface area contributed by atoms with Crippen LogP contribution >= 0.6 is 46.3 Å². The predicted molar refractivity (Wildman–Crippen MR) is 192 cm³/mol. The van der Waals surface area contributed by atoms with Crippen LogP contribution in [0.1, 0.15) is 22.8 Å². The average molecular weight is 719 g/mol. The van der Waals surface area contributed by atoms with Gasteiger partial charge in [0, 0.05) is 38.2 Å². The number of anilines is 2. The summed E-state index contributed by atoms with van der Waals surface area (Å²) in [6, 6.07) is 26.0. The first-order valence-corrected chi connectivity index (χ1v) is 16.7. The highest BCUT2D eigenvalue weighted by Gasteiger charge is 2.20. The lowest BCUT2D eigenvalue weighted by Gasteiger charge is -2.13. The van der Waals surface area contributed by atoms with E-state index in [-0.39, 0.29) is 22.9 Å². The molecule has 242 valence electrons. The number of nitro benzene ring substituents is 1. The third kappa shape index (κ3) is 8.87. The number of carbonyl (C=O) groups is 3. The molecule has 0 aliphatic heterocycles. The molecule has 0 spiro atoms. The van der Waals surface area contributed by atoms with E-state index in [1.54, 1.807) is 91.2 Å². The van der Waals surface area contributed by atoms with Crippen LogP contribution in [0.15, 0.2) is 113 Å². The van der Waals surface area contributed by atoms with E-state index in [9.17, 15) is 24.5 Å². The number of hydrogen-bond acceptors (Lipinski definition) is 8. The number of nitrogens with one attached hydrogen (secondary N) is 3. The molecule has 0 aliphatic rings. The van der Waals surface area contributed by atoms with Gasteiger partial charge in [0.1, 0.15) is 5.70 Å². The fourth-order valence-electron chi connectivity index (χ4n) is 4.31. The maximum absolute atomic E-state index is 13.4. The van der Waals surface area contributed by atoms with Crippen molar-refractivity contribution < 1.29 is 19.3 Å². The number of benzene rings is 4. The highest BCUT2D eigenvalue weighted by molar-refractivity contribution is 8.00. The van der Waals surface area contributed by atoms with Crippen LogP contribution in [0, 0.1) is 10.1 Å². The normalized spacial score (nSPS) is 11.8. The fraction of sp³-hybridized carbons (Fsp3) is 0.0588. The van der Waals surface area contributed by atoms with Gasteiger partial charge in [0.15, 0.2) is 5.13 Å². The van der Waals surface area contributed by atoms with Crippen molar-refractivity contribution in [2.24, 2.45) is 0 Å². The zero-order valence-electron chi connectivity index (χ0n) is 25.0. The molecule has 0 saturated carbocycles. The number of amides is 3. The Morgan fingerprint density at radius 1 is 0.938 bits per heavy atom. The molecule has 4 aromatic carbocycles. The summed E-state index contributed by atoms with van der Waals surface area (Å²) in [5, 5.41) is 22.4. The van der Waals surface area contributed by atoms with Crippen molar-refractivity contribution in [3.63, 3.8) is 0 Å². The van der Waals surface area contributed by atoms with Gasteiger partial charge in [-0.05, 0) is 73.7 Å². The Bertz CT molecular complexity index is 2020. The number of nitro groups is 1. The smallest absolute Gasteiger partial charge is 0.276 e. The number of nitrogens with zero attached hydrogens (tertiary/aromatic N) is 2. The summed E-state index contributed by atoms with van der Waals surface area (Å²) in [5.41, 5.74) is 1.76. The Hall–Kier alpha value is -5.01. The third-order valence-corrected chi connectivity index (χ3v) is 9.12. The molecule has 3 amide bonds. The quantitative estimate of drug-likeness (QED) is 0.0538. The maximum Gasteiger partial charge on any atom is 0.276 e. The van der Waals surface area contributed by atoms with Gasteiger partial charge in [0.05, 0.1) is 26.5 Å². The lowest BCUT2D eigenvalue weighted by Crippen LogP contribution is -2.30. The summed E-state index contributed by atoms with van der Waals surface area (Å²) in [6.45, 7) is 1.76. The van der Waals surface area contributed by atoms with Gasteiger partial charge in [-0.15, -0.1) is 23.1 Å². The molecule has 0 bridgehead atoms. The van der Waals surface area contributed by atoms with Crippen molar-refractivity contribution in [3.05, 3.63) is 139 Å². The summed E-state index contributed by atoms with van der Waals surface area (Å²) in [5.74, 6) is -1.50. The maximum atomic E-state index is 13.4. The molecule has 0 aliphatic carbocycles. The lowest BCUT2D eigenvalue weighted by atomic mass is 10.1. The number of thioether (sulfide) groups is 1. The predicted octanol–water partition coefficient (Wildman–Crippen LogP) is 8.55. The molecule has 3 N–H and O–H groups in total. The van der Waals surface area contributed by atoms with Gasteiger partial charge < -0.3 is 16.0 Å². The molecule has 1 unspecified atom stereocenters. The van der Waals surface area contributed by atoms with Gasteiger partial charge in [-0.2, -0.15) is 0 Å². The second-order valence-corrected chi connectivity index (χ2v) is 13.2. The van der Waals surface area contributed by atoms with E-state index >= 15 is 0 Å². The molecule has 14 heteroatoms. The monoisotopic (exact) mass is 717 g/mol. The van der Waals surface area contributed by atoms with Crippen molar-refractivity contribution in [1.82, 2.24) is 10.3 Å². The Morgan fingerprint density at radius 3 is 2.35 bits per heavy atom. The number of aromatic nitrogens is 1. The summed E-state index contributed by atoms with van der Waals surface area (Å²) in [7, 11) is 0. The van der Waals surface area contributed by atoms with Crippen molar-refractivity contribution in [2.75, 3.05) is 10.6 Å². The van der Waals surface area contributed by atoms with Gasteiger partial charge >= 0.3 is 0 Å². The van der Waals surface area contributed by atoms with Crippen LogP contribution < -0.4 is 16.0 Å². The third-order valence-electron chi connectivity index (χ3n) is 6.70. The van der Waals surface area contributed by atoms with Crippen molar-refractivity contribution >= 4 is 86.6 Å². The van der Waals surface area contributed by atoms with Gasteiger partial charge in [-0.3, -0.25) is 24.5 Å². The zero-order valence-corrected chi connectivity index (χ0v) is 28.1. The molecule has 48 heavy (non-hydrogen) atoms. The Morgan fingerprint density at radius 2 is 1.65 bits per heavy atom. The Kier molecular flexibility index (Phi) is 11.2.